The number of aromatic nitrogens is 2. The van der Waals surface area contributed by atoms with Crippen molar-refractivity contribution in [3.05, 3.63) is 81.8 Å². The maximum atomic E-state index is 14.3. The third kappa shape index (κ3) is 1.74. The van der Waals surface area contributed by atoms with Gasteiger partial charge in [-0.1, -0.05) is 24.3 Å². The molecule has 1 atom stereocenters. The van der Waals surface area contributed by atoms with Crippen LogP contribution in [-0.4, -0.2) is 27.7 Å². The van der Waals surface area contributed by atoms with Crippen LogP contribution in [0.25, 0.3) is 5.76 Å². The first-order chi connectivity index (χ1) is 14.4. The standard InChI is InChI=1S/C22H12FN3O4/c1-9-15-20(26-25-9)30-19-12-5-3-2-4-11(12)17(27)18(28)16(19)22(15)13-8-10(23)6-7-14(13)24-21(22)29/h2-8H,1H3,(H,24,29)(H,25,26). The Labute approximate surface area is 168 Å². The van der Waals surface area contributed by atoms with E-state index < -0.39 is 28.7 Å². The number of amides is 1. The van der Waals surface area contributed by atoms with Gasteiger partial charge in [0.05, 0.1) is 11.1 Å². The molecule has 3 aromatic rings. The number of aryl methyl sites for hydroxylation is 1. The molecule has 1 amide bonds. The molecular formula is C22H12FN3O4. The lowest BCUT2D eigenvalue weighted by atomic mass is 9.64. The molecule has 2 aromatic carbocycles. The van der Waals surface area contributed by atoms with Gasteiger partial charge in [-0.2, -0.15) is 0 Å². The van der Waals surface area contributed by atoms with Gasteiger partial charge < -0.3 is 10.1 Å². The number of aromatic amines is 1. The van der Waals surface area contributed by atoms with Crippen LogP contribution in [0.2, 0.25) is 0 Å². The average Bonchev–Trinajstić information content (AvgIpc) is 3.24. The van der Waals surface area contributed by atoms with Gasteiger partial charge in [0.15, 0.2) is 0 Å². The fraction of sp³-hybridized carbons (Fsp3) is 0.0909. The molecule has 6 rings (SSSR count). The van der Waals surface area contributed by atoms with Crippen molar-refractivity contribution in [3.63, 3.8) is 0 Å². The summed E-state index contributed by atoms with van der Waals surface area (Å²) < 4.78 is 20.3. The highest BCUT2D eigenvalue weighted by molar-refractivity contribution is 6.54. The fourth-order valence-electron chi connectivity index (χ4n) is 4.71. The number of carbonyl (C=O) groups excluding carboxylic acids is 3. The molecule has 7 nitrogen and oxygen atoms in total. The summed E-state index contributed by atoms with van der Waals surface area (Å²) in [4.78, 5) is 39.9. The fourth-order valence-corrected chi connectivity index (χ4v) is 4.71. The molecule has 0 saturated heterocycles. The molecule has 0 radical (unpaired) electrons. The minimum absolute atomic E-state index is 0.0847. The lowest BCUT2D eigenvalue weighted by Gasteiger charge is -2.37. The molecule has 1 spiro atoms. The zero-order valence-electron chi connectivity index (χ0n) is 15.5. The molecule has 146 valence electrons. The van der Waals surface area contributed by atoms with Crippen LogP contribution >= 0.6 is 0 Å². The Morgan fingerprint density at radius 3 is 2.60 bits per heavy atom. The van der Waals surface area contributed by atoms with Gasteiger partial charge in [-0.05, 0) is 25.1 Å². The highest BCUT2D eigenvalue weighted by Crippen LogP contribution is 2.57. The first-order valence-electron chi connectivity index (χ1n) is 9.22. The number of fused-ring (bicyclic) bond motifs is 7. The molecule has 8 heteroatoms. The third-order valence-corrected chi connectivity index (χ3v) is 5.91. The Morgan fingerprint density at radius 1 is 1.03 bits per heavy atom. The zero-order valence-corrected chi connectivity index (χ0v) is 15.5. The summed E-state index contributed by atoms with van der Waals surface area (Å²) in [6.07, 6.45) is 0. The number of ketones is 2. The number of nitrogens with one attached hydrogen (secondary N) is 2. The molecule has 30 heavy (non-hydrogen) atoms. The van der Waals surface area contributed by atoms with Crippen molar-refractivity contribution in [2.75, 3.05) is 5.32 Å². The second-order valence-electron chi connectivity index (χ2n) is 7.43. The van der Waals surface area contributed by atoms with Gasteiger partial charge >= 0.3 is 0 Å². The SMILES string of the molecule is Cc1[nH]nc2c1C1(C(=O)Nc3ccc(F)cc31)C1=C(O2)c2ccccc2C(=O)C1=O. The monoisotopic (exact) mass is 401 g/mol. The summed E-state index contributed by atoms with van der Waals surface area (Å²) in [6.45, 7) is 1.68. The number of carbonyl (C=O) groups is 3. The number of H-pyrrole nitrogens is 1. The maximum absolute atomic E-state index is 14.3. The van der Waals surface area contributed by atoms with Crippen molar-refractivity contribution in [1.29, 1.82) is 0 Å². The largest absolute Gasteiger partial charge is 0.436 e. The predicted molar refractivity (Wildman–Crippen MR) is 102 cm³/mol. The molecule has 0 fully saturated rings. The van der Waals surface area contributed by atoms with E-state index in [2.05, 4.69) is 15.5 Å². The van der Waals surface area contributed by atoms with Crippen molar-refractivity contribution >= 4 is 28.9 Å². The number of halogens is 1. The van der Waals surface area contributed by atoms with Crippen LogP contribution in [0.3, 0.4) is 0 Å². The second kappa shape index (κ2) is 5.29. The van der Waals surface area contributed by atoms with E-state index in [4.69, 9.17) is 4.74 Å². The summed E-state index contributed by atoms with van der Waals surface area (Å²) in [5.74, 6) is -2.55. The first-order valence-corrected chi connectivity index (χ1v) is 9.22. The van der Waals surface area contributed by atoms with E-state index >= 15 is 0 Å². The van der Waals surface area contributed by atoms with Crippen molar-refractivity contribution < 1.29 is 23.5 Å². The molecule has 3 heterocycles. The average molecular weight is 401 g/mol. The van der Waals surface area contributed by atoms with Gasteiger partial charge in [0.2, 0.25) is 23.4 Å². The number of benzene rings is 2. The van der Waals surface area contributed by atoms with Gasteiger partial charge in [0.25, 0.3) is 0 Å². The summed E-state index contributed by atoms with van der Waals surface area (Å²) in [5.41, 5.74) is 0.0787. The van der Waals surface area contributed by atoms with E-state index in [-0.39, 0.29) is 28.3 Å². The molecule has 0 bridgehead atoms. The van der Waals surface area contributed by atoms with Crippen LogP contribution in [-0.2, 0) is 15.0 Å². The molecule has 1 aromatic heterocycles. The quantitative estimate of drug-likeness (QED) is 0.564. The van der Waals surface area contributed by atoms with E-state index in [9.17, 15) is 18.8 Å². The van der Waals surface area contributed by atoms with E-state index in [0.717, 1.165) is 0 Å². The number of nitrogens with zero attached hydrogens (tertiary/aromatic N) is 1. The Bertz CT molecular complexity index is 1390. The lowest BCUT2D eigenvalue weighted by molar-refractivity contribution is -0.121. The van der Waals surface area contributed by atoms with Crippen molar-refractivity contribution in [2.24, 2.45) is 0 Å². The highest BCUT2D eigenvalue weighted by atomic mass is 19.1. The van der Waals surface area contributed by atoms with Gasteiger partial charge in [-0.3, -0.25) is 19.5 Å². The number of hydrogen-bond donors (Lipinski definition) is 2. The number of Topliss-reactive ketones (excluding diaryl/α,β-unsaturated/α-hetero) is 2. The molecule has 1 aliphatic carbocycles. The van der Waals surface area contributed by atoms with Crippen molar-refractivity contribution in [3.8, 4) is 5.88 Å². The van der Waals surface area contributed by atoms with Crippen LogP contribution in [0.5, 0.6) is 5.88 Å². The highest BCUT2D eigenvalue weighted by Gasteiger charge is 2.61. The summed E-state index contributed by atoms with van der Waals surface area (Å²) in [7, 11) is 0. The topological polar surface area (TPSA) is 101 Å². The number of hydrogen-bond acceptors (Lipinski definition) is 5. The number of anilines is 1. The van der Waals surface area contributed by atoms with Crippen molar-refractivity contribution in [1.82, 2.24) is 10.2 Å². The summed E-state index contributed by atoms with van der Waals surface area (Å²) in [6, 6.07) is 10.4. The first kappa shape index (κ1) is 16.8. The van der Waals surface area contributed by atoms with Gasteiger partial charge in [0, 0.05) is 28.1 Å². The summed E-state index contributed by atoms with van der Waals surface area (Å²) in [5, 5.41) is 9.68. The van der Waals surface area contributed by atoms with Crippen LogP contribution in [0.15, 0.2) is 48.0 Å². The van der Waals surface area contributed by atoms with E-state index in [1.807, 2.05) is 0 Å². The second-order valence-corrected chi connectivity index (χ2v) is 7.43. The van der Waals surface area contributed by atoms with Crippen molar-refractivity contribution in [2.45, 2.75) is 12.3 Å². The van der Waals surface area contributed by atoms with Crippen LogP contribution in [0.4, 0.5) is 10.1 Å². The summed E-state index contributed by atoms with van der Waals surface area (Å²) >= 11 is 0. The minimum Gasteiger partial charge on any atom is -0.436 e. The van der Waals surface area contributed by atoms with Gasteiger partial charge in [-0.25, -0.2) is 4.39 Å². The third-order valence-electron chi connectivity index (χ3n) is 5.91. The van der Waals surface area contributed by atoms with E-state index in [1.165, 1.54) is 24.3 Å². The van der Waals surface area contributed by atoms with Crippen LogP contribution in [0, 0.1) is 12.7 Å². The predicted octanol–water partition coefficient (Wildman–Crippen LogP) is 2.66. The zero-order chi connectivity index (χ0) is 20.8. The molecule has 2 aliphatic heterocycles. The Hall–Kier alpha value is -4.07. The molecule has 0 saturated carbocycles. The normalized spacial score (nSPS) is 21.1. The van der Waals surface area contributed by atoms with Gasteiger partial charge in [0.1, 0.15) is 17.0 Å². The molecular weight excluding hydrogens is 389 g/mol. The lowest BCUT2D eigenvalue weighted by Crippen LogP contribution is -2.47. The molecule has 2 N–H and O–H groups in total. The minimum atomic E-state index is -1.75. The Morgan fingerprint density at radius 2 is 1.80 bits per heavy atom. The maximum Gasteiger partial charge on any atom is 0.244 e. The molecule has 1 unspecified atom stereocenters. The van der Waals surface area contributed by atoms with Crippen LogP contribution in [0.1, 0.15) is 32.7 Å². The van der Waals surface area contributed by atoms with Crippen LogP contribution < -0.4 is 10.1 Å². The van der Waals surface area contributed by atoms with Gasteiger partial charge in [-0.15, -0.1) is 5.10 Å². The number of rotatable bonds is 0. The van der Waals surface area contributed by atoms with E-state index in [1.54, 1.807) is 25.1 Å². The number of ether oxygens (including phenoxy) is 1. The Kier molecular flexibility index (Phi) is 2.97. The van der Waals surface area contributed by atoms with E-state index in [0.29, 0.717) is 22.5 Å². The Balaban J connectivity index is 1.82. The molecule has 3 aliphatic rings. The smallest absolute Gasteiger partial charge is 0.244 e.